The summed E-state index contributed by atoms with van der Waals surface area (Å²) in [5.41, 5.74) is 1.19. The first-order valence-corrected chi connectivity index (χ1v) is 9.80. The topological polar surface area (TPSA) is 0 Å². The Hall–Kier alpha value is -0.570. The SMILES string of the molecule is CC1C=CC(C(C)C(C)(F)F)=CC1.CCC(=S)C1(C)CCCCC1. The highest BCUT2D eigenvalue weighted by Gasteiger charge is 2.32. The fourth-order valence-electron chi connectivity index (χ4n) is 3.40. The second-order valence-electron chi connectivity index (χ2n) is 7.85. The van der Waals surface area contributed by atoms with E-state index in [1.165, 1.54) is 37.0 Å². The van der Waals surface area contributed by atoms with E-state index >= 15 is 0 Å². The van der Waals surface area contributed by atoms with Crippen LogP contribution in [0.25, 0.3) is 0 Å². The normalized spacial score (nSPS) is 24.5. The first-order valence-electron chi connectivity index (χ1n) is 9.39. The average Bonchev–Trinajstić information content (AvgIpc) is 2.54. The van der Waals surface area contributed by atoms with Gasteiger partial charge < -0.3 is 0 Å². The molecule has 0 aliphatic heterocycles. The minimum atomic E-state index is -2.61. The average molecular weight is 357 g/mol. The summed E-state index contributed by atoms with van der Waals surface area (Å²) in [4.78, 5) is 1.30. The monoisotopic (exact) mass is 356 g/mol. The lowest BCUT2D eigenvalue weighted by atomic mass is 9.73. The Morgan fingerprint density at radius 2 is 1.92 bits per heavy atom. The quantitative estimate of drug-likeness (QED) is 0.469. The van der Waals surface area contributed by atoms with E-state index in [-0.39, 0.29) is 0 Å². The van der Waals surface area contributed by atoms with Crippen LogP contribution in [0.3, 0.4) is 0 Å². The molecular formula is C21H34F2S. The van der Waals surface area contributed by atoms with Gasteiger partial charge in [0.05, 0.1) is 0 Å². The minimum Gasteiger partial charge on any atom is -0.207 e. The molecule has 0 aromatic carbocycles. The highest BCUT2D eigenvalue weighted by molar-refractivity contribution is 7.80. The Morgan fingerprint density at radius 3 is 2.33 bits per heavy atom. The third kappa shape index (κ3) is 6.38. The summed E-state index contributed by atoms with van der Waals surface area (Å²) in [5, 5.41) is 0. The summed E-state index contributed by atoms with van der Waals surface area (Å²) >= 11 is 5.39. The minimum absolute atomic E-state index is 0.419. The van der Waals surface area contributed by atoms with Crippen molar-refractivity contribution in [3.05, 3.63) is 23.8 Å². The summed E-state index contributed by atoms with van der Waals surface area (Å²) in [5.74, 6) is -2.80. The van der Waals surface area contributed by atoms with Crippen molar-refractivity contribution in [2.75, 3.05) is 0 Å². The number of hydrogen-bond donors (Lipinski definition) is 0. The van der Waals surface area contributed by atoms with Crippen LogP contribution >= 0.6 is 12.2 Å². The molecule has 2 unspecified atom stereocenters. The Morgan fingerprint density at radius 1 is 1.33 bits per heavy atom. The van der Waals surface area contributed by atoms with Gasteiger partial charge in [0, 0.05) is 5.92 Å². The summed E-state index contributed by atoms with van der Waals surface area (Å²) in [6.07, 6.45) is 14.6. The van der Waals surface area contributed by atoms with Gasteiger partial charge in [-0.15, -0.1) is 0 Å². The molecule has 3 heteroatoms. The van der Waals surface area contributed by atoms with Crippen molar-refractivity contribution >= 4 is 17.1 Å². The van der Waals surface area contributed by atoms with Gasteiger partial charge in [-0.05, 0) is 54.4 Å². The third-order valence-electron chi connectivity index (χ3n) is 5.55. The first-order chi connectivity index (χ1) is 11.1. The highest BCUT2D eigenvalue weighted by atomic mass is 32.1. The molecule has 0 nitrogen and oxygen atoms in total. The van der Waals surface area contributed by atoms with Crippen LogP contribution < -0.4 is 0 Å². The maximum absolute atomic E-state index is 12.9. The molecule has 2 rings (SSSR count). The van der Waals surface area contributed by atoms with Gasteiger partial charge in [-0.1, -0.05) is 77.4 Å². The molecule has 0 aromatic rings. The number of alkyl halides is 2. The van der Waals surface area contributed by atoms with E-state index in [1.54, 1.807) is 6.92 Å². The number of rotatable bonds is 4. The van der Waals surface area contributed by atoms with Crippen molar-refractivity contribution in [3.8, 4) is 0 Å². The van der Waals surface area contributed by atoms with E-state index in [0.717, 1.165) is 25.3 Å². The molecular weight excluding hydrogens is 322 g/mol. The second kappa shape index (κ2) is 9.22. The molecule has 2 aliphatic carbocycles. The van der Waals surface area contributed by atoms with Crippen LogP contribution in [0.5, 0.6) is 0 Å². The van der Waals surface area contributed by atoms with Crippen molar-refractivity contribution in [3.63, 3.8) is 0 Å². The largest absolute Gasteiger partial charge is 0.251 e. The molecule has 0 bridgehead atoms. The maximum Gasteiger partial charge on any atom is 0.251 e. The number of halogens is 2. The van der Waals surface area contributed by atoms with Crippen LogP contribution in [0.15, 0.2) is 23.8 Å². The number of allylic oxidation sites excluding steroid dienone is 4. The molecule has 1 fully saturated rings. The predicted octanol–water partition coefficient (Wildman–Crippen LogP) is 7.54. The molecule has 0 spiro atoms. The van der Waals surface area contributed by atoms with Crippen molar-refractivity contribution < 1.29 is 8.78 Å². The summed E-state index contributed by atoms with van der Waals surface area (Å²) in [6, 6.07) is 0. The predicted molar refractivity (Wildman–Crippen MR) is 105 cm³/mol. The Kier molecular flexibility index (Phi) is 8.25. The van der Waals surface area contributed by atoms with E-state index in [9.17, 15) is 8.78 Å². The molecule has 0 radical (unpaired) electrons. The van der Waals surface area contributed by atoms with Crippen LogP contribution in [-0.2, 0) is 0 Å². The molecule has 0 aromatic heterocycles. The zero-order valence-corrected chi connectivity index (χ0v) is 16.8. The van der Waals surface area contributed by atoms with Crippen molar-refractivity contribution in [2.45, 2.75) is 85.5 Å². The molecule has 0 N–H and O–H groups in total. The van der Waals surface area contributed by atoms with Gasteiger partial charge in [0.25, 0.3) is 5.92 Å². The smallest absolute Gasteiger partial charge is 0.207 e. The van der Waals surface area contributed by atoms with Gasteiger partial charge in [-0.25, -0.2) is 8.78 Å². The van der Waals surface area contributed by atoms with E-state index in [2.05, 4.69) is 20.8 Å². The Bertz CT molecular complexity index is 465. The summed E-state index contributed by atoms with van der Waals surface area (Å²) < 4.78 is 25.8. The molecule has 0 heterocycles. The van der Waals surface area contributed by atoms with Gasteiger partial charge >= 0.3 is 0 Å². The van der Waals surface area contributed by atoms with Crippen LogP contribution in [0.1, 0.15) is 79.6 Å². The number of thiocarbonyl (C=S) groups is 1. The summed E-state index contributed by atoms with van der Waals surface area (Å²) in [7, 11) is 0. The molecule has 138 valence electrons. The van der Waals surface area contributed by atoms with Crippen LogP contribution in [-0.4, -0.2) is 10.8 Å². The molecule has 2 atom stereocenters. The van der Waals surface area contributed by atoms with E-state index in [1.807, 2.05) is 18.2 Å². The van der Waals surface area contributed by atoms with Crippen molar-refractivity contribution in [1.82, 2.24) is 0 Å². The first kappa shape index (κ1) is 21.5. The molecule has 0 saturated heterocycles. The third-order valence-corrected chi connectivity index (χ3v) is 6.34. The lowest BCUT2D eigenvalue weighted by Gasteiger charge is -2.34. The van der Waals surface area contributed by atoms with E-state index in [0.29, 0.717) is 11.3 Å². The zero-order chi connectivity index (χ0) is 18.4. The van der Waals surface area contributed by atoms with Crippen molar-refractivity contribution in [1.29, 1.82) is 0 Å². The van der Waals surface area contributed by atoms with E-state index < -0.39 is 11.8 Å². The second-order valence-corrected chi connectivity index (χ2v) is 8.35. The van der Waals surface area contributed by atoms with Gasteiger partial charge in [0.15, 0.2) is 0 Å². The van der Waals surface area contributed by atoms with Gasteiger partial charge in [-0.3, -0.25) is 0 Å². The lowest BCUT2D eigenvalue weighted by molar-refractivity contribution is -0.0173. The van der Waals surface area contributed by atoms with Crippen LogP contribution in [0, 0.1) is 17.3 Å². The van der Waals surface area contributed by atoms with Gasteiger partial charge in [0.1, 0.15) is 0 Å². The maximum atomic E-state index is 12.9. The fraction of sp³-hybridized carbons (Fsp3) is 0.762. The lowest BCUT2D eigenvalue weighted by Crippen LogP contribution is -2.28. The standard InChI is InChI=1S/C11H16F2.C10H18S/c1-8-4-6-10(7-5-8)9(2)11(3,12)13;1-3-9(11)10(2)7-5-4-6-8-10/h4,6-9H,5H2,1-3H3;3-8H2,1-2H3. The van der Waals surface area contributed by atoms with Crippen LogP contribution in [0.2, 0.25) is 0 Å². The molecule has 0 amide bonds. The van der Waals surface area contributed by atoms with Crippen LogP contribution in [0.4, 0.5) is 8.78 Å². The molecule has 24 heavy (non-hydrogen) atoms. The summed E-state index contributed by atoms with van der Waals surface area (Å²) in [6.45, 7) is 9.16. The Labute approximate surface area is 152 Å². The van der Waals surface area contributed by atoms with Gasteiger partial charge in [0.2, 0.25) is 0 Å². The van der Waals surface area contributed by atoms with E-state index in [4.69, 9.17) is 12.2 Å². The number of hydrogen-bond acceptors (Lipinski definition) is 1. The zero-order valence-electron chi connectivity index (χ0n) is 16.0. The molecule has 2 aliphatic rings. The fourth-order valence-corrected chi connectivity index (χ4v) is 3.60. The molecule has 1 saturated carbocycles. The Balaban J connectivity index is 0.000000243. The van der Waals surface area contributed by atoms with Gasteiger partial charge in [-0.2, -0.15) is 0 Å². The highest BCUT2D eigenvalue weighted by Crippen LogP contribution is 2.38. The van der Waals surface area contributed by atoms with Crippen molar-refractivity contribution in [2.24, 2.45) is 17.3 Å².